The number of benzene rings is 1. The van der Waals surface area contributed by atoms with Gasteiger partial charge in [-0.25, -0.2) is 13.6 Å². The predicted molar refractivity (Wildman–Crippen MR) is 82.9 cm³/mol. The molecule has 1 saturated carbocycles. The van der Waals surface area contributed by atoms with E-state index in [4.69, 9.17) is 10.5 Å². The molecule has 0 bridgehead atoms. The molecular formula is C16H22F2N2O3. The summed E-state index contributed by atoms with van der Waals surface area (Å²) in [4.78, 5) is 11.9. The molecule has 2 rings (SSSR count). The quantitative estimate of drug-likeness (QED) is 0.743. The van der Waals surface area contributed by atoms with Crippen LogP contribution in [0.4, 0.5) is 19.3 Å². The zero-order chi connectivity index (χ0) is 17.5. The number of hydrogen-bond donors (Lipinski definition) is 3. The van der Waals surface area contributed by atoms with E-state index >= 15 is 0 Å². The fraction of sp³-hybridized carbons (Fsp3) is 0.562. The lowest BCUT2D eigenvalue weighted by atomic mass is 9.61. The molecule has 0 aromatic heterocycles. The largest absolute Gasteiger partial charge is 0.508 e. The van der Waals surface area contributed by atoms with Crippen LogP contribution in [0.1, 0.15) is 39.2 Å². The molecule has 7 heteroatoms. The maximum Gasteiger partial charge on any atom is 0.412 e. The van der Waals surface area contributed by atoms with Gasteiger partial charge in [0.25, 0.3) is 0 Å². The average molecular weight is 328 g/mol. The molecule has 1 aromatic rings. The fourth-order valence-corrected chi connectivity index (χ4v) is 2.88. The molecule has 128 valence electrons. The normalized spacial score (nSPS) is 18.9. The van der Waals surface area contributed by atoms with Crippen molar-refractivity contribution in [2.75, 3.05) is 11.9 Å². The van der Waals surface area contributed by atoms with Crippen LogP contribution in [0.2, 0.25) is 0 Å². The van der Waals surface area contributed by atoms with Crippen LogP contribution in [-0.2, 0) is 10.2 Å². The minimum atomic E-state index is -2.78. The SMILES string of the molecule is CC(C)(C)OC(=O)Nc1ccc(O)cc1C1(CN)CC(F)(F)C1. The van der Waals surface area contributed by atoms with E-state index in [-0.39, 0.29) is 12.3 Å². The molecule has 4 N–H and O–H groups in total. The molecule has 0 unspecified atom stereocenters. The number of rotatable bonds is 3. The summed E-state index contributed by atoms with van der Waals surface area (Å²) in [5.74, 6) is -2.86. The first-order valence-electron chi connectivity index (χ1n) is 7.38. The van der Waals surface area contributed by atoms with Gasteiger partial charge in [-0.2, -0.15) is 0 Å². The number of carbonyl (C=O) groups excluding carboxylic acids is 1. The first-order valence-corrected chi connectivity index (χ1v) is 7.38. The first-order chi connectivity index (χ1) is 10.5. The molecule has 1 aliphatic carbocycles. The number of anilines is 1. The van der Waals surface area contributed by atoms with E-state index < -0.39 is 35.9 Å². The Hall–Kier alpha value is -1.89. The maximum absolute atomic E-state index is 13.4. The number of amides is 1. The van der Waals surface area contributed by atoms with Gasteiger partial charge in [0.1, 0.15) is 11.4 Å². The zero-order valence-corrected chi connectivity index (χ0v) is 13.5. The van der Waals surface area contributed by atoms with Crippen molar-refractivity contribution in [2.45, 2.75) is 50.6 Å². The molecule has 1 aliphatic rings. The second kappa shape index (κ2) is 5.63. The van der Waals surface area contributed by atoms with E-state index in [2.05, 4.69) is 5.32 Å². The van der Waals surface area contributed by atoms with Gasteiger partial charge < -0.3 is 15.6 Å². The number of ether oxygens (including phenoxy) is 1. The molecule has 0 atom stereocenters. The van der Waals surface area contributed by atoms with Gasteiger partial charge in [-0.15, -0.1) is 0 Å². The van der Waals surface area contributed by atoms with E-state index in [1.165, 1.54) is 18.2 Å². The van der Waals surface area contributed by atoms with Crippen molar-refractivity contribution in [1.29, 1.82) is 0 Å². The Labute approximate surface area is 133 Å². The molecule has 0 heterocycles. The number of hydrogen-bond acceptors (Lipinski definition) is 4. The van der Waals surface area contributed by atoms with Crippen LogP contribution < -0.4 is 11.1 Å². The highest BCUT2D eigenvalue weighted by atomic mass is 19.3. The van der Waals surface area contributed by atoms with E-state index in [0.717, 1.165) is 0 Å². The second-order valence-electron chi connectivity index (χ2n) is 7.05. The van der Waals surface area contributed by atoms with Crippen molar-refractivity contribution >= 4 is 11.8 Å². The number of nitrogens with two attached hydrogens (primary N) is 1. The molecule has 5 nitrogen and oxygen atoms in total. The van der Waals surface area contributed by atoms with Gasteiger partial charge in [0, 0.05) is 30.5 Å². The van der Waals surface area contributed by atoms with E-state index in [1.807, 2.05) is 0 Å². The Bertz CT molecular complexity index is 604. The smallest absolute Gasteiger partial charge is 0.412 e. The van der Waals surface area contributed by atoms with Gasteiger partial charge in [-0.1, -0.05) is 0 Å². The molecule has 0 saturated heterocycles. The Balaban J connectivity index is 2.30. The fourth-order valence-electron chi connectivity index (χ4n) is 2.88. The number of nitrogens with one attached hydrogen (secondary N) is 1. The molecule has 1 aromatic carbocycles. The minimum Gasteiger partial charge on any atom is -0.508 e. The van der Waals surface area contributed by atoms with Crippen molar-refractivity contribution in [3.63, 3.8) is 0 Å². The Morgan fingerprint density at radius 2 is 2.00 bits per heavy atom. The van der Waals surface area contributed by atoms with Gasteiger partial charge in [0.15, 0.2) is 0 Å². The van der Waals surface area contributed by atoms with Crippen molar-refractivity contribution in [2.24, 2.45) is 5.73 Å². The topological polar surface area (TPSA) is 84.6 Å². The number of halogens is 2. The molecule has 0 spiro atoms. The lowest BCUT2D eigenvalue weighted by molar-refractivity contribution is -0.123. The van der Waals surface area contributed by atoms with Crippen molar-refractivity contribution in [3.05, 3.63) is 23.8 Å². The molecule has 0 aliphatic heterocycles. The molecular weight excluding hydrogens is 306 g/mol. The Kier molecular flexibility index (Phi) is 4.28. The van der Waals surface area contributed by atoms with Gasteiger partial charge >= 0.3 is 6.09 Å². The van der Waals surface area contributed by atoms with Crippen molar-refractivity contribution in [1.82, 2.24) is 0 Å². The summed E-state index contributed by atoms with van der Waals surface area (Å²) >= 11 is 0. The summed E-state index contributed by atoms with van der Waals surface area (Å²) in [7, 11) is 0. The third kappa shape index (κ3) is 3.90. The van der Waals surface area contributed by atoms with Crippen LogP contribution in [0.5, 0.6) is 5.75 Å². The molecule has 1 amide bonds. The average Bonchev–Trinajstić information content (AvgIpc) is 2.35. The summed E-state index contributed by atoms with van der Waals surface area (Å²) in [6, 6.07) is 4.20. The third-order valence-electron chi connectivity index (χ3n) is 3.79. The summed E-state index contributed by atoms with van der Waals surface area (Å²) in [5, 5.41) is 12.3. The number of phenols is 1. The van der Waals surface area contributed by atoms with Crippen LogP contribution in [0.15, 0.2) is 18.2 Å². The number of alkyl halides is 2. The van der Waals surface area contributed by atoms with Crippen molar-refractivity contribution < 1.29 is 23.4 Å². The summed E-state index contributed by atoms with van der Waals surface area (Å²) < 4.78 is 32.0. The zero-order valence-electron chi connectivity index (χ0n) is 13.5. The lowest BCUT2D eigenvalue weighted by Gasteiger charge is -2.47. The summed E-state index contributed by atoms with van der Waals surface area (Å²) in [6.07, 6.45) is -1.52. The highest BCUT2D eigenvalue weighted by molar-refractivity contribution is 5.86. The van der Waals surface area contributed by atoms with E-state index in [9.17, 15) is 18.7 Å². The van der Waals surface area contributed by atoms with Gasteiger partial charge in [-0.05, 0) is 44.5 Å². The van der Waals surface area contributed by atoms with Crippen LogP contribution >= 0.6 is 0 Å². The number of phenolic OH excluding ortho intramolecular Hbond substituents is 1. The molecule has 0 radical (unpaired) electrons. The summed E-state index contributed by atoms with van der Waals surface area (Å²) in [6.45, 7) is 5.16. The van der Waals surface area contributed by atoms with Gasteiger partial charge in [0.2, 0.25) is 5.92 Å². The van der Waals surface area contributed by atoms with Gasteiger partial charge in [0.05, 0.1) is 0 Å². The van der Waals surface area contributed by atoms with Crippen LogP contribution in [0, 0.1) is 0 Å². The third-order valence-corrected chi connectivity index (χ3v) is 3.79. The maximum atomic E-state index is 13.4. The Morgan fingerprint density at radius 1 is 1.39 bits per heavy atom. The highest BCUT2D eigenvalue weighted by Gasteiger charge is 2.57. The van der Waals surface area contributed by atoms with E-state index in [0.29, 0.717) is 11.3 Å². The van der Waals surface area contributed by atoms with E-state index in [1.54, 1.807) is 20.8 Å². The highest BCUT2D eigenvalue weighted by Crippen LogP contribution is 2.54. The molecule has 23 heavy (non-hydrogen) atoms. The monoisotopic (exact) mass is 328 g/mol. The molecule has 1 fully saturated rings. The van der Waals surface area contributed by atoms with Crippen LogP contribution in [-0.4, -0.2) is 29.3 Å². The number of aromatic hydroxyl groups is 1. The standard InChI is InChI=1S/C16H22F2N2O3/c1-14(2,3)23-13(22)20-12-5-4-10(21)6-11(12)15(9-19)7-16(17,18)8-15/h4-6,21H,7-9,19H2,1-3H3,(H,20,22). The van der Waals surface area contributed by atoms with Crippen molar-refractivity contribution in [3.8, 4) is 5.75 Å². The first kappa shape index (κ1) is 17.5. The minimum absolute atomic E-state index is 0.00492. The second-order valence-corrected chi connectivity index (χ2v) is 7.05. The predicted octanol–water partition coefficient (Wildman–Crippen LogP) is 3.36. The Morgan fingerprint density at radius 3 is 2.48 bits per heavy atom. The van der Waals surface area contributed by atoms with Crippen LogP contribution in [0.25, 0.3) is 0 Å². The lowest BCUT2D eigenvalue weighted by Crippen LogP contribution is -2.54. The van der Waals surface area contributed by atoms with Gasteiger partial charge in [-0.3, -0.25) is 5.32 Å². The number of carbonyl (C=O) groups is 1. The van der Waals surface area contributed by atoms with Crippen LogP contribution in [0.3, 0.4) is 0 Å². The summed E-state index contributed by atoms with van der Waals surface area (Å²) in [5.41, 5.74) is 4.78.